The Morgan fingerprint density at radius 1 is 1.18 bits per heavy atom. The van der Waals surface area contributed by atoms with Crippen molar-refractivity contribution in [1.82, 2.24) is 0 Å². The van der Waals surface area contributed by atoms with Crippen molar-refractivity contribution in [1.29, 1.82) is 0 Å². The lowest BCUT2D eigenvalue weighted by Crippen LogP contribution is -2.37. The van der Waals surface area contributed by atoms with Gasteiger partial charge >= 0.3 is 11.9 Å². The zero-order valence-corrected chi connectivity index (χ0v) is 18.3. The molecule has 0 heterocycles. The quantitative estimate of drug-likeness (QED) is 0.548. The van der Waals surface area contributed by atoms with Gasteiger partial charge < -0.3 is 14.2 Å². The number of rotatable bonds is 7. The molecule has 1 aromatic carbocycles. The Morgan fingerprint density at radius 2 is 1.89 bits per heavy atom. The van der Waals surface area contributed by atoms with Crippen molar-refractivity contribution in [2.75, 3.05) is 6.61 Å². The lowest BCUT2D eigenvalue weighted by Gasteiger charge is -2.36. The zero-order valence-electron chi connectivity index (χ0n) is 16.7. The highest BCUT2D eigenvalue weighted by Gasteiger charge is 2.33. The number of hydrogen-bond acceptors (Lipinski definition) is 5. The molecule has 0 aromatic heterocycles. The predicted octanol–water partition coefficient (Wildman–Crippen LogP) is 5.31. The van der Waals surface area contributed by atoms with E-state index in [9.17, 15) is 9.59 Å². The standard InChI is InChI=1S/C21H28Cl2O5/c1-12(2)16-7-5-13(3)9-19(16)28-20(24)11-26-21(25)14(4)27-18-8-6-15(22)10-17(18)23/h6,8,10,12-14,16,19H,5,7,9,11H2,1-4H3. The number of hydrogen-bond donors (Lipinski definition) is 0. The maximum absolute atomic E-state index is 12.2. The Morgan fingerprint density at radius 3 is 2.54 bits per heavy atom. The first-order valence-corrected chi connectivity index (χ1v) is 10.4. The van der Waals surface area contributed by atoms with Crippen LogP contribution in [0.15, 0.2) is 18.2 Å². The summed E-state index contributed by atoms with van der Waals surface area (Å²) in [6.45, 7) is 7.54. The molecule has 156 valence electrons. The van der Waals surface area contributed by atoms with Gasteiger partial charge in [-0.25, -0.2) is 9.59 Å². The summed E-state index contributed by atoms with van der Waals surface area (Å²) in [7, 11) is 0. The molecule has 1 aliphatic rings. The molecule has 5 nitrogen and oxygen atoms in total. The minimum atomic E-state index is -0.926. The van der Waals surface area contributed by atoms with Crippen LogP contribution in [-0.2, 0) is 19.1 Å². The van der Waals surface area contributed by atoms with Crippen molar-refractivity contribution >= 4 is 35.1 Å². The van der Waals surface area contributed by atoms with Crippen LogP contribution in [0.5, 0.6) is 5.75 Å². The number of halogens is 2. The second-order valence-electron chi connectivity index (χ2n) is 7.80. The summed E-state index contributed by atoms with van der Waals surface area (Å²) in [5.41, 5.74) is 0. The van der Waals surface area contributed by atoms with Crippen LogP contribution in [0.1, 0.15) is 47.0 Å². The predicted molar refractivity (Wildman–Crippen MR) is 109 cm³/mol. The third-order valence-corrected chi connectivity index (χ3v) is 5.64. The number of carbonyl (C=O) groups excluding carboxylic acids is 2. The van der Waals surface area contributed by atoms with Gasteiger partial charge in [0, 0.05) is 5.02 Å². The Bertz CT molecular complexity index is 691. The molecule has 7 heteroatoms. The van der Waals surface area contributed by atoms with E-state index in [2.05, 4.69) is 20.8 Å². The molecule has 28 heavy (non-hydrogen) atoms. The van der Waals surface area contributed by atoms with E-state index < -0.39 is 24.6 Å². The average molecular weight is 431 g/mol. The number of ether oxygens (including phenoxy) is 3. The molecule has 0 N–H and O–H groups in total. The molecule has 1 saturated carbocycles. The van der Waals surface area contributed by atoms with Crippen LogP contribution in [0.4, 0.5) is 0 Å². The molecule has 0 radical (unpaired) electrons. The van der Waals surface area contributed by atoms with Crippen LogP contribution < -0.4 is 4.74 Å². The first-order valence-electron chi connectivity index (χ1n) is 9.65. The van der Waals surface area contributed by atoms with Gasteiger partial charge in [0.2, 0.25) is 0 Å². The third kappa shape index (κ3) is 6.56. The molecule has 4 atom stereocenters. The van der Waals surface area contributed by atoms with E-state index >= 15 is 0 Å². The molecule has 0 aliphatic heterocycles. The minimum Gasteiger partial charge on any atom is -0.477 e. The van der Waals surface area contributed by atoms with Crippen molar-refractivity contribution in [2.24, 2.45) is 17.8 Å². The molecule has 0 spiro atoms. The highest BCUT2D eigenvalue weighted by Crippen LogP contribution is 2.35. The van der Waals surface area contributed by atoms with Gasteiger partial charge in [0.1, 0.15) is 11.9 Å². The van der Waals surface area contributed by atoms with Gasteiger partial charge in [0.15, 0.2) is 12.7 Å². The van der Waals surface area contributed by atoms with Gasteiger partial charge in [-0.3, -0.25) is 0 Å². The average Bonchev–Trinajstić information content (AvgIpc) is 2.61. The Hall–Kier alpha value is -1.46. The largest absolute Gasteiger partial charge is 0.477 e. The molecule has 1 fully saturated rings. The van der Waals surface area contributed by atoms with Crippen molar-refractivity contribution in [3.8, 4) is 5.75 Å². The highest BCUT2D eigenvalue weighted by atomic mass is 35.5. The van der Waals surface area contributed by atoms with Crippen molar-refractivity contribution in [3.05, 3.63) is 28.2 Å². The van der Waals surface area contributed by atoms with Crippen LogP contribution in [0.25, 0.3) is 0 Å². The summed E-state index contributed by atoms with van der Waals surface area (Å²) in [6, 6.07) is 4.69. The van der Waals surface area contributed by atoms with E-state index in [1.807, 2.05) is 0 Å². The monoisotopic (exact) mass is 430 g/mol. The van der Waals surface area contributed by atoms with E-state index in [-0.39, 0.29) is 11.1 Å². The van der Waals surface area contributed by atoms with Gasteiger partial charge in [-0.05, 0) is 55.7 Å². The van der Waals surface area contributed by atoms with E-state index in [4.69, 9.17) is 37.4 Å². The first-order chi connectivity index (χ1) is 13.2. The van der Waals surface area contributed by atoms with Crippen LogP contribution in [0.2, 0.25) is 10.0 Å². The van der Waals surface area contributed by atoms with E-state index in [0.717, 1.165) is 19.3 Å². The lowest BCUT2D eigenvalue weighted by atomic mass is 9.75. The third-order valence-electron chi connectivity index (χ3n) is 5.11. The Balaban J connectivity index is 1.83. The molecule has 1 aromatic rings. The van der Waals surface area contributed by atoms with Gasteiger partial charge in [-0.2, -0.15) is 0 Å². The van der Waals surface area contributed by atoms with Crippen LogP contribution in [0.3, 0.4) is 0 Å². The SMILES string of the molecule is CC1CCC(C(C)C)C(OC(=O)COC(=O)C(C)Oc2ccc(Cl)cc2Cl)C1. The summed E-state index contributed by atoms with van der Waals surface area (Å²) < 4.78 is 16.2. The number of esters is 2. The Kier molecular flexibility index (Phi) is 8.44. The fourth-order valence-electron chi connectivity index (χ4n) is 3.51. The molecule has 0 amide bonds. The van der Waals surface area contributed by atoms with Gasteiger partial charge in [0.25, 0.3) is 0 Å². The molecule has 0 bridgehead atoms. The second kappa shape index (κ2) is 10.4. The van der Waals surface area contributed by atoms with Crippen LogP contribution >= 0.6 is 23.2 Å². The summed E-state index contributed by atoms with van der Waals surface area (Å²) in [4.78, 5) is 24.3. The summed E-state index contributed by atoms with van der Waals surface area (Å²) in [6.07, 6.45) is 1.98. The van der Waals surface area contributed by atoms with E-state index in [0.29, 0.717) is 28.5 Å². The fraction of sp³-hybridized carbons (Fsp3) is 0.619. The smallest absolute Gasteiger partial charge is 0.347 e. The van der Waals surface area contributed by atoms with E-state index in [1.165, 1.54) is 13.0 Å². The molecule has 0 saturated heterocycles. The minimum absolute atomic E-state index is 0.128. The second-order valence-corrected chi connectivity index (χ2v) is 8.64. The van der Waals surface area contributed by atoms with Crippen LogP contribution in [0, 0.1) is 17.8 Å². The zero-order chi connectivity index (χ0) is 20.8. The van der Waals surface area contributed by atoms with Crippen molar-refractivity contribution in [3.63, 3.8) is 0 Å². The molecular formula is C21H28Cl2O5. The molecular weight excluding hydrogens is 403 g/mol. The maximum atomic E-state index is 12.2. The Labute approximate surface area is 176 Å². The fourth-order valence-corrected chi connectivity index (χ4v) is 3.96. The summed E-state index contributed by atoms with van der Waals surface area (Å²) in [5, 5.41) is 0.754. The molecule has 1 aliphatic carbocycles. The number of carbonyl (C=O) groups is 2. The first kappa shape index (κ1) is 22.8. The van der Waals surface area contributed by atoms with E-state index in [1.54, 1.807) is 12.1 Å². The number of benzene rings is 1. The van der Waals surface area contributed by atoms with Crippen molar-refractivity contribution in [2.45, 2.75) is 59.2 Å². The van der Waals surface area contributed by atoms with Gasteiger partial charge in [-0.15, -0.1) is 0 Å². The topological polar surface area (TPSA) is 61.8 Å². The summed E-state index contributed by atoms with van der Waals surface area (Å²) >= 11 is 11.9. The van der Waals surface area contributed by atoms with Crippen LogP contribution in [-0.4, -0.2) is 30.8 Å². The van der Waals surface area contributed by atoms with Crippen molar-refractivity contribution < 1.29 is 23.8 Å². The van der Waals surface area contributed by atoms with Gasteiger partial charge in [0.05, 0.1) is 5.02 Å². The highest BCUT2D eigenvalue weighted by molar-refractivity contribution is 6.35. The molecule has 2 rings (SSSR count). The lowest BCUT2D eigenvalue weighted by molar-refractivity contribution is -0.169. The maximum Gasteiger partial charge on any atom is 0.347 e. The van der Waals surface area contributed by atoms with Gasteiger partial charge in [-0.1, -0.05) is 50.4 Å². The molecule has 4 unspecified atom stereocenters. The normalized spacial score (nSPS) is 23.2. The summed E-state index contributed by atoms with van der Waals surface area (Å²) in [5.74, 6) is 0.410.